The first-order valence-corrected chi connectivity index (χ1v) is 11.0. The zero-order chi connectivity index (χ0) is 18.9. The molecule has 0 aliphatic carbocycles. The van der Waals surface area contributed by atoms with Crippen LogP contribution >= 0.6 is 46.7 Å². The SMILES string of the molecule is CCN(CC)C(CNC(=NC)NCCc1nc(C)c(C)s1)c1ccsc1.I. The molecule has 27 heavy (non-hydrogen) atoms. The van der Waals surface area contributed by atoms with Crippen LogP contribution in [0.5, 0.6) is 0 Å². The normalized spacial score (nSPS) is 12.7. The van der Waals surface area contributed by atoms with E-state index in [4.69, 9.17) is 0 Å². The number of thiazole rings is 1. The van der Waals surface area contributed by atoms with Crippen molar-refractivity contribution in [1.29, 1.82) is 0 Å². The maximum absolute atomic E-state index is 4.60. The molecule has 2 heterocycles. The molecule has 0 aromatic carbocycles. The van der Waals surface area contributed by atoms with Gasteiger partial charge < -0.3 is 10.6 Å². The molecule has 0 amide bonds. The Morgan fingerprint density at radius 2 is 2.00 bits per heavy atom. The lowest BCUT2D eigenvalue weighted by Crippen LogP contribution is -2.43. The van der Waals surface area contributed by atoms with Gasteiger partial charge in [0.05, 0.1) is 16.7 Å². The highest BCUT2D eigenvalue weighted by molar-refractivity contribution is 14.0. The van der Waals surface area contributed by atoms with Crippen LogP contribution in [-0.4, -0.2) is 49.1 Å². The third-order valence-electron chi connectivity index (χ3n) is 4.57. The Bertz CT molecular complexity index is 661. The summed E-state index contributed by atoms with van der Waals surface area (Å²) >= 11 is 3.54. The van der Waals surface area contributed by atoms with Crippen molar-refractivity contribution in [3.8, 4) is 0 Å². The lowest BCUT2D eigenvalue weighted by atomic mass is 10.1. The van der Waals surface area contributed by atoms with E-state index >= 15 is 0 Å². The number of hydrogen-bond donors (Lipinski definition) is 2. The van der Waals surface area contributed by atoms with E-state index in [1.165, 1.54) is 15.4 Å². The zero-order valence-corrected chi connectivity index (χ0v) is 20.9. The highest BCUT2D eigenvalue weighted by atomic mass is 127. The number of likely N-dealkylation sites (N-methyl/N-ethyl adjacent to an activating group) is 1. The minimum atomic E-state index is 0. The Morgan fingerprint density at radius 3 is 2.52 bits per heavy atom. The van der Waals surface area contributed by atoms with E-state index in [0.29, 0.717) is 6.04 Å². The van der Waals surface area contributed by atoms with Crippen molar-refractivity contribution in [2.75, 3.05) is 33.2 Å². The van der Waals surface area contributed by atoms with Crippen molar-refractivity contribution < 1.29 is 0 Å². The zero-order valence-electron chi connectivity index (χ0n) is 16.9. The second-order valence-electron chi connectivity index (χ2n) is 6.17. The summed E-state index contributed by atoms with van der Waals surface area (Å²) in [6.45, 7) is 12.4. The van der Waals surface area contributed by atoms with Gasteiger partial charge in [0, 0.05) is 31.4 Å². The van der Waals surface area contributed by atoms with Gasteiger partial charge in [-0.3, -0.25) is 9.89 Å². The topological polar surface area (TPSA) is 52.5 Å². The molecule has 0 bridgehead atoms. The van der Waals surface area contributed by atoms with E-state index in [1.54, 1.807) is 22.7 Å². The van der Waals surface area contributed by atoms with Crippen LogP contribution in [0.25, 0.3) is 0 Å². The minimum absolute atomic E-state index is 0. The molecule has 2 rings (SSSR count). The first-order valence-electron chi connectivity index (χ1n) is 9.22. The number of aryl methyl sites for hydroxylation is 2. The maximum atomic E-state index is 4.60. The Balaban J connectivity index is 0.00000364. The molecule has 1 atom stereocenters. The summed E-state index contributed by atoms with van der Waals surface area (Å²) in [6, 6.07) is 2.58. The number of hydrogen-bond acceptors (Lipinski definition) is 5. The van der Waals surface area contributed by atoms with Crippen molar-refractivity contribution >= 4 is 52.6 Å². The summed E-state index contributed by atoms with van der Waals surface area (Å²) in [5.41, 5.74) is 2.51. The van der Waals surface area contributed by atoms with E-state index in [0.717, 1.165) is 44.3 Å². The number of guanidine groups is 1. The third-order valence-corrected chi connectivity index (χ3v) is 6.41. The molecule has 8 heteroatoms. The van der Waals surface area contributed by atoms with Crippen LogP contribution < -0.4 is 10.6 Å². The van der Waals surface area contributed by atoms with E-state index < -0.39 is 0 Å². The maximum Gasteiger partial charge on any atom is 0.191 e. The van der Waals surface area contributed by atoms with E-state index in [1.807, 2.05) is 7.05 Å². The smallest absolute Gasteiger partial charge is 0.191 e. The largest absolute Gasteiger partial charge is 0.356 e. The molecule has 0 saturated carbocycles. The average molecular weight is 522 g/mol. The Morgan fingerprint density at radius 1 is 1.26 bits per heavy atom. The average Bonchev–Trinajstić information content (AvgIpc) is 3.27. The highest BCUT2D eigenvalue weighted by Crippen LogP contribution is 2.22. The van der Waals surface area contributed by atoms with Gasteiger partial charge in [-0.1, -0.05) is 13.8 Å². The fourth-order valence-corrected chi connectivity index (χ4v) is 4.58. The van der Waals surface area contributed by atoms with E-state index in [-0.39, 0.29) is 24.0 Å². The predicted octanol–water partition coefficient (Wildman–Crippen LogP) is 4.23. The van der Waals surface area contributed by atoms with Gasteiger partial charge in [0.15, 0.2) is 5.96 Å². The molecule has 1 unspecified atom stereocenters. The molecule has 0 fully saturated rings. The molecular formula is C19H32IN5S2. The monoisotopic (exact) mass is 521 g/mol. The number of rotatable bonds is 9. The number of thiophene rings is 1. The minimum Gasteiger partial charge on any atom is -0.356 e. The highest BCUT2D eigenvalue weighted by Gasteiger charge is 2.18. The van der Waals surface area contributed by atoms with Gasteiger partial charge in [0.25, 0.3) is 0 Å². The standard InChI is InChI=1S/C19H31N5S2.HI/c1-6-24(7-2)17(16-9-11-25-13-16)12-22-19(20-5)21-10-8-18-23-14(3)15(4)26-18;/h9,11,13,17H,6-8,10,12H2,1-5H3,(H2,20,21,22);1H. The van der Waals surface area contributed by atoms with Crippen LogP contribution in [0.3, 0.4) is 0 Å². The third kappa shape index (κ3) is 7.32. The molecular weight excluding hydrogens is 489 g/mol. The van der Waals surface area contributed by atoms with Gasteiger partial charge in [-0.2, -0.15) is 11.3 Å². The summed E-state index contributed by atoms with van der Waals surface area (Å²) in [7, 11) is 1.82. The van der Waals surface area contributed by atoms with E-state index in [2.05, 4.69) is 70.0 Å². The number of nitrogens with one attached hydrogen (secondary N) is 2. The molecule has 0 aliphatic rings. The molecule has 0 radical (unpaired) electrons. The Labute approximate surface area is 188 Å². The number of aromatic nitrogens is 1. The van der Waals surface area contributed by atoms with Crippen molar-refractivity contribution in [2.45, 2.75) is 40.2 Å². The van der Waals surface area contributed by atoms with Gasteiger partial charge in [0.2, 0.25) is 0 Å². The summed E-state index contributed by atoms with van der Waals surface area (Å²) in [5, 5.41) is 12.5. The van der Waals surface area contributed by atoms with Gasteiger partial charge in [-0.05, 0) is 49.3 Å². The molecule has 0 saturated heterocycles. The summed E-state index contributed by atoms with van der Waals surface area (Å²) < 4.78 is 0. The second kappa shape index (κ2) is 12.7. The van der Waals surface area contributed by atoms with Crippen LogP contribution in [0, 0.1) is 13.8 Å². The van der Waals surface area contributed by atoms with Crippen LogP contribution in [0.4, 0.5) is 0 Å². The lowest BCUT2D eigenvalue weighted by Gasteiger charge is -2.30. The number of halogens is 1. The van der Waals surface area contributed by atoms with Gasteiger partial charge >= 0.3 is 0 Å². The Hall–Kier alpha value is -0.710. The van der Waals surface area contributed by atoms with Gasteiger partial charge in [-0.25, -0.2) is 4.98 Å². The van der Waals surface area contributed by atoms with Crippen molar-refractivity contribution in [3.05, 3.63) is 38.0 Å². The second-order valence-corrected chi connectivity index (χ2v) is 8.24. The van der Waals surface area contributed by atoms with Crippen molar-refractivity contribution in [1.82, 2.24) is 20.5 Å². The molecule has 0 aliphatic heterocycles. The first-order chi connectivity index (χ1) is 12.6. The predicted molar refractivity (Wildman–Crippen MR) is 130 cm³/mol. The van der Waals surface area contributed by atoms with Crippen LogP contribution in [-0.2, 0) is 6.42 Å². The quantitative estimate of drug-likeness (QED) is 0.295. The molecule has 5 nitrogen and oxygen atoms in total. The lowest BCUT2D eigenvalue weighted by molar-refractivity contribution is 0.219. The van der Waals surface area contributed by atoms with Crippen molar-refractivity contribution in [2.24, 2.45) is 4.99 Å². The molecule has 0 spiro atoms. The number of nitrogens with zero attached hydrogens (tertiary/aromatic N) is 3. The Kier molecular flexibility index (Phi) is 11.4. The summed E-state index contributed by atoms with van der Waals surface area (Å²) in [6.07, 6.45) is 0.921. The fraction of sp³-hybridized carbons (Fsp3) is 0.579. The molecule has 2 aromatic heterocycles. The molecule has 2 aromatic rings. The van der Waals surface area contributed by atoms with Gasteiger partial charge in [-0.15, -0.1) is 35.3 Å². The van der Waals surface area contributed by atoms with Crippen LogP contribution in [0.15, 0.2) is 21.8 Å². The fourth-order valence-electron chi connectivity index (χ4n) is 2.93. The van der Waals surface area contributed by atoms with Crippen molar-refractivity contribution in [3.63, 3.8) is 0 Å². The summed E-state index contributed by atoms with van der Waals surface area (Å²) in [4.78, 5) is 12.7. The summed E-state index contributed by atoms with van der Waals surface area (Å²) in [5.74, 6) is 0.849. The molecule has 2 N–H and O–H groups in total. The van der Waals surface area contributed by atoms with Crippen LogP contribution in [0.1, 0.15) is 41.0 Å². The number of aliphatic imine (C=N–C) groups is 1. The van der Waals surface area contributed by atoms with Gasteiger partial charge in [0.1, 0.15) is 0 Å². The van der Waals surface area contributed by atoms with Crippen LogP contribution in [0.2, 0.25) is 0 Å². The van der Waals surface area contributed by atoms with E-state index in [9.17, 15) is 0 Å². The molecule has 152 valence electrons. The first kappa shape index (κ1) is 24.3.